The number of ether oxygens (including phenoxy) is 1. The zero-order chi connectivity index (χ0) is 14.0. The number of para-hydroxylation sites is 1. The molecule has 1 aliphatic heterocycles. The lowest BCUT2D eigenvalue weighted by Gasteiger charge is -2.20. The summed E-state index contributed by atoms with van der Waals surface area (Å²) in [5.74, 6) is 0.527. The first kappa shape index (κ1) is 14.2. The Balaban J connectivity index is 2.28. The van der Waals surface area contributed by atoms with E-state index in [1.807, 2.05) is 0 Å². The molecule has 1 unspecified atom stereocenters. The number of hydrogen-bond acceptors (Lipinski definition) is 4. The fraction of sp³-hybridized carbons (Fsp3) is 0.385. The highest BCUT2D eigenvalue weighted by Gasteiger charge is 2.34. The number of methoxy groups -OCH3 is 1. The second-order valence-electron chi connectivity index (χ2n) is 4.23. The topological polar surface area (TPSA) is 46.6 Å². The lowest BCUT2D eigenvalue weighted by molar-refractivity contribution is -0.117. The molecule has 0 radical (unpaired) electrons. The van der Waals surface area contributed by atoms with Gasteiger partial charge < -0.3 is 9.64 Å². The van der Waals surface area contributed by atoms with E-state index in [1.165, 1.54) is 25.8 Å². The SMILES string of the molecule is COc1cccc(Cl)c1N1CC(SC(C)=O)CC1=O. The molecule has 4 nitrogen and oxygen atoms in total. The number of carbonyl (C=O) groups excluding carboxylic acids is 2. The van der Waals surface area contributed by atoms with E-state index in [2.05, 4.69) is 0 Å². The third-order valence-corrected chi connectivity index (χ3v) is 4.15. The average Bonchev–Trinajstić information content (AvgIpc) is 2.68. The van der Waals surface area contributed by atoms with E-state index in [9.17, 15) is 9.59 Å². The maximum absolute atomic E-state index is 12.1. The third kappa shape index (κ3) is 3.04. The Morgan fingerprint density at radius 1 is 1.53 bits per heavy atom. The van der Waals surface area contributed by atoms with Crippen molar-refractivity contribution in [1.29, 1.82) is 0 Å². The van der Waals surface area contributed by atoms with E-state index in [-0.39, 0.29) is 16.3 Å². The fourth-order valence-corrected chi connectivity index (χ4v) is 3.31. The van der Waals surface area contributed by atoms with Gasteiger partial charge in [0.2, 0.25) is 5.91 Å². The van der Waals surface area contributed by atoms with Crippen LogP contribution in [0.3, 0.4) is 0 Å². The molecule has 102 valence electrons. The minimum absolute atomic E-state index is 0.0192. The lowest BCUT2D eigenvalue weighted by Crippen LogP contribution is -2.25. The van der Waals surface area contributed by atoms with Crippen molar-refractivity contribution in [2.24, 2.45) is 0 Å². The molecule has 1 aromatic rings. The van der Waals surface area contributed by atoms with Gasteiger partial charge in [0, 0.05) is 25.1 Å². The Kier molecular flexibility index (Phi) is 4.37. The van der Waals surface area contributed by atoms with Crippen LogP contribution in [0.4, 0.5) is 5.69 Å². The van der Waals surface area contributed by atoms with Crippen LogP contribution in [0.25, 0.3) is 0 Å². The highest BCUT2D eigenvalue weighted by molar-refractivity contribution is 8.14. The van der Waals surface area contributed by atoms with E-state index >= 15 is 0 Å². The van der Waals surface area contributed by atoms with Crippen LogP contribution in [0, 0.1) is 0 Å². The molecule has 1 heterocycles. The van der Waals surface area contributed by atoms with Crippen LogP contribution in [-0.4, -0.2) is 29.9 Å². The second-order valence-corrected chi connectivity index (χ2v) is 6.12. The molecule has 19 heavy (non-hydrogen) atoms. The molecule has 1 aromatic carbocycles. The summed E-state index contributed by atoms with van der Waals surface area (Å²) in [7, 11) is 1.54. The van der Waals surface area contributed by atoms with Gasteiger partial charge in [0.15, 0.2) is 5.12 Å². The fourth-order valence-electron chi connectivity index (χ4n) is 2.13. The van der Waals surface area contributed by atoms with Gasteiger partial charge in [-0.05, 0) is 12.1 Å². The summed E-state index contributed by atoms with van der Waals surface area (Å²) in [6.45, 7) is 1.98. The van der Waals surface area contributed by atoms with Gasteiger partial charge in [0.05, 0.1) is 12.1 Å². The minimum atomic E-state index is -0.0369. The molecular formula is C13H14ClNO3S. The quantitative estimate of drug-likeness (QED) is 0.861. The molecule has 0 N–H and O–H groups in total. The van der Waals surface area contributed by atoms with E-state index in [4.69, 9.17) is 16.3 Å². The van der Waals surface area contributed by atoms with Gasteiger partial charge in [-0.1, -0.05) is 29.4 Å². The molecule has 1 saturated heterocycles. The summed E-state index contributed by atoms with van der Waals surface area (Å²) in [5.41, 5.74) is 0.586. The summed E-state index contributed by atoms with van der Waals surface area (Å²) in [6, 6.07) is 5.26. The number of nitrogens with zero attached hydrogens (tertiary/aromatic N) is 1. The zero-order valence-electron chi connectivity index (χ0n) is 10.7. The van der Waals surface area contributed by atoms with Crippen LogP contribution < -0.4 is 9.64 Å². The predicted molar refractivity (Wildman–Crippen MR) is 77.0 cm³/mol. The van der Waals surface area contributed by atoms with E-state index in [0.717, 1.165) is 0 Å². The van der Waals surface area contributed by atoms with Gasteiger partial charge in [-0.15, -0.1) is 0 Å². The lowest BCUT2D eigenvalue weighted by atomic mass is 10.2. The Bertz CT molecular complexity index is 521. The molecule has 2 rings (SSSR count). The van der Waals surface area contributed by atoms with Crippen LogP contribution in [0.5, 0.6) is 5.75 Å². The van der Waals surface area contributed by atoms with Crippen molar-refractivity contribution in [3.05, 3.63) is 23.2 Å². The molecular weight excluding hydrogens is 286 g/mol. The standard InChI is InChI=1S/C13H14ClNO3S/c1-8(16)19-9-6-12(17)15(7-9)13-10(14)4-3-5-11(13)18-2/h3-5,9H,6-7H2,1-2H3. The van der Waals surface area contributed by atoms with E-state index in [0.29, 0.717) is 29.4 Å². The summed E-state index contributed by atoms with van der Waals surface area (Å²) in [6.07, 6.45) is 0.346. The Morgan fingerprint density at radius 3 is 2.89 bits per heavy atom. The van der Waals surface area contributed by atoms with Crippen LogP contribution >= 0.6 is 23.4 Å². The molecule has 1 fully saturated rings. The molecule has 0 aliphatic carbocycles. The number of benzene rings is 1. The van der Waals surface area contributed by atoms with Gasteiger partial charge in [0.1, 0.15) is 11.4 Å². The molecule has 1 aliphatic rings. The number of rotatable bonds is 3. The summed E-state index contributed by atoms with van der Waals surface area (Å²) in [4.78, 5) is 24.8. The number of amides is 1. The van der Waals surface area contributed by atoms with Gasteiger partial charge >= 0.3 is 0 Å². The first-order valence-electron chi connectivity index (χ1n) is 5.83. The van der Waals surface area contributed by atoms with E-state index in [1.54, 1.807) is 23.1 Å². The largest absolute Gasteiger partial charge is 0.495 e. The molecule has 0 aromatic heterocycles. The van der Waals surface area contributed by atoms with Gasteiger partial charge in [-0.2, -0.15) is 0 Å². The number of anilines is 1. The third-order valence-electron chi connectivity index (χ3n) is 2.86. The Labute approximate surface area is 121 Å². The smallest absolute Gasteiger partial charge is 0.228 e. The summed E-state index contributed by atoms with van der Waals surface area (Å²) < 4.78 is 5.25. The van der Waals surface area contributed by atoms with Gasteiger partial charge in [-0.3, -0.25) is 9.59 Å². The van der Waals surface area contributed by atoms with Crippen LogP contribution in [0.2, 0.25) is 5.02 Å². The van der Waals surface area contributed by atoms with Crippen molar-refractivity contribution in [2.75, 3.05) is 18.6 Å². The molecule has 6 heteroatoms. The van der Waals surface area contributed by atoms with Crippen molar-refractivity contribution < 1.29 is 14.3 Å². The second kappa shape index (κ2) is 5.84. The number of carbonyl (C=O) groups is 2. The zero-order valence-corrected chi connectivity index (χ0v) is 12.3. The maximum atomic E-state index is 12.1. The van der Waals surface area contributed by atoms with Crippen LogP contribution in [0.1, 0.15) is 13.3 Å². The van der Waals surface area contributed by atoms with E-state index < -0.39 is 0 Å². The molecule has 0 saturated carbocycles. The van der Waals surface area contributed by atoms with Crippen molar-refractivity contribution in [3.63, 3.8) is 0 Å². The van der Waals surface area contributed by atoms with Crippen LogP contribution in [-0.2, 0) is 9.59 Å². The van der Waals surface area contributed by atoms with Crippen molar-refractivity contribution in [3.8, 4) is 5.75 Å². The molecule has 1 amide bonds. The predicted octanol–water partition coefficient (Wildman–Crippen LogP) is 2.73. The Hall–Kier alpha value is -1.20. The summed E-state index contributed by atoms with van der Waals surface area (Å²) in [5, 5.41) is 0.470. The first-order valence-corrected chi connectivity index (χ1v) is 7.08. The monoisotopic (exact) mass is 299 g/mol. The van der Waals surface area contributed by atoms with Gasteiger partial charge in [-0.25, -0.2) is 0 Å². The normalized spacial score (nSPS) is 18.8. The number of hydrogen-bond donors (Lipinski definition) is 0. The highest BCUT2D eigenvalue weighted by atomic mass is 35.5. The number of halogens is 1. The van der Waals surface area contributed by atoms with Gasteiger partial charge in [0.25, 0.3) is 0 Å². The minimum Gasteiger partial charge on any atom is -0.495 e. The first-order chi connectivity index (χ1) is 9.02. The molecule has 0 spiro atoms. The maximum Gasteiger partial charge on any atom is 0.228 e. The van der Waals surface area contributed by atoms with Crippen LogP contribution in [0.15, 0.2) is 18.2 Å². The van der Waals surface area contributed by atoms with Crippen molar-refractivity contribution >= 4 is 40.1 Å². The highest BCUT2D eigenvalue weighted by Crippen LogP contribution is 2.39. The summed E-state index contributed by atoms with van der Waals surface area (Å²) >= 11 is 7.36. The Morgan fingerprint density at radius 2 is 2.26 bits per heavy atom. The van der Waals surface area contributed by atoms with Crippen molar-refractivity contribution in [2.45, 2.75) is 18.6 Å². The molecule has 1 atom stereocenters. The molecule has 0 bridgehead atoms. The van der Waals surface area contributed by atoms with Crippen molar-refractivity contribution in [1.82, 2.24) is 0 Å². The average molecular weight is 300 g/mol. The number of thioether (sulfide) groups is 1.